The maximum Gasteiger partial charge on any atom is 0.277 e. The predicted molar refractivity (Wildman–Crippen MR) is 116 cm³/mol. The molecule has 132 valence electrons. The highest BCUT2D eigenvalue weighted by Gasteiger charge is 2.36. The molecule has 1 aliphatic rings. The molecule has 0 spiro atoms. The van der Waals surface area contributed by atoms with Gasteiger partial charge in [-0.3, -0.25) is 4.98 Å². The summed E-state index contributed by atoms with van der Waals surface area (Å²) in [5.74, 6) is 0.996. The van der Waals surface area contributed by atoms with Crippen LogP contribution >= 0.6 is 0 Å². The van der Waals surface area contributed by atoms with Crippen molar-refractivity contribution in [2.75, 3.05) is 0 Å². The minimum Gasteiger partial charge on any atom is -0.539 e. The second-order valence-electron chi connectivity index (χ2n) is 8.52. The van der Waals surface area contributed by atoms with E-state index in [-0.39, 0.29) is 0 Å². The summed E-state index contributed by atoms with van der Waals surface area (Å²) in [6.07, 6.45) is 2.06. The average Bonchev–Trinajstić information content (AvgIpc) is 2.61. The zero-order chi connectivity index (χ0) is 18.5. The molecule has 0 bridgehead atoms. The van der Waals surface area contributed by atoms with E-state index in [1.54, 1.807) is 0 Å². The Hall–Kier alpha value is -2.18. The number of rotatable bonds is 2. The van der Waals surface area contributed by atoms with Gasteiger partial charge in [0.15, 0.2) is 0 Å². The summed E-state index contributed by atoms with van der Waals surface area (Å²) < 4.78 is 6.64. The molecule has 0 saturated heterocycles. The van der Waals surface area contributed by atoms with Crippen molar-refractivity contribution in [3.63, 3.8) is 0 Å². The second-order valence-corrected chi connectivity index (χ2v) is 17.4. The molecule has 0 saturated carbocycles. The Kier molecular flexibility index (Phi) is 3.93. The minimum atomic E-state index is -1.99. The first kappa shape index (κ1) is 17.2. The first-order valence-electron chi connectivity index (χ1n) is 9.16. The van der Waals surface area contributed by atoms with E-state index in [4.69, 9.17) is 9.41 Å². The van der Waals surface area contributed by atoms with Crippen LogP contribution in [0.5, 0.6) is 5.75 Å². The Bertz CT molecular complexity index is 972. The standard InChI is InChI=1S/C22H25NOSi2/c1-25(2,3)16-13-14-20(23-15-16)19-11-8-10-18-17-9-6-7-12-21(17)26(4,5)24-22(18)19/h6-15H,1-5H3. The Labute approximate surface area is 158 Å². The van der Waals surface area contributed by atoms with E-state index < -0.39 is 16.4 Å². The van der Waals surface area contributed by atoms with Crippen molar-refractivity contribution < 1.29 is 4.43 Å². The monoisotopic (exact) mass is 375 g/mol. The van der Waals surface area contributed by atoms with Crippen molar-refractivity contribution in [3.05, 3.63) is 60.8 Å². The molecule has 1 aromatic heterocycles. The lowest BCUT2D eigenvalue weighted by molar-refractivity contribution is 0.564. The lowest BCUT2D eigenvalue weighted by Crippen LogP contribution is -2.50. The molecule has 0 unspecified atom stereocenters. The molecular formula is C22H25NOSi2. The molecular weight excluding hydrogens is 350 g/mol. The van der Waals surface area contributed by atoms with Gasteiger partial charge >= 0.3 is 0 Å². The first-order valence-corrected chi connectivity index (χ1v) is 15.6. The SMILES string of the molecule is C[Si](C)(C)c1ccc(-c2cccc3c2O[Si](C)(C)c2ccccc2-3)nc1. The number of nitrogens with zero attached hydrogens (tertiary/aromatic N) is 1. The van der Waals surface area contributed by atoms with E-state index in [2.05, 4.69) is 93.5 Å². The van der Waals surface area contributed by atoms with Gasteiger partial charge in [0.2, 0.25) is 0 Å². The summed E-state index contributed by atoms with van der Waals surface area (Å²) in [5.41, 5.74) is 4.58. The Morgan fingerprint density at radius 1 is 0.808 bits per heavy atom. The summed E-state index contributed by atoms with van der Waals surface area (Å²) in [5, 5.41) is 2.75. The van der Waals surface area contributed by atoms with Gasteiger partial charge in [-0.1, -0.05) is 62.1 Å². The summed E-state index contributed by atoms with van der Waals surface area (Å²) in [6, 6.07) is 19.5. The van der Waals surface area contributed by atoms with Gasteiger partial charge < -0.3 is 4.43 Å². The fourth-order valence-corrected chi connectivity index (χ4v) is 6.85. The molecule has 3 aromatic rings. The van der Waals surface area contributed by atoms with Crippen LogP contribution in [0.1, 0.15) is 0 Å². The van der Waals surface area contributed by atoms with Crippen molar-refractivity contribution in [1.82, 2.24) is 4.98 Å². The molecule has 26 heavy (non-hydrogen) atoms. The number of hydrogen-bond acceptors (Lipinski definition) is 2. The van der Waals surface area contributed by atoms with Crippen LogP contribution in [0.3, 0.4) is 0 Å². The van der Waals surface area contributed by atoms with Crippen LogP contribution in [0.2, 0.25) is 32.7 Å². The molecule has 4 rings (SSSR count). The predicted octanol–water partition coefficient (Wildman–Crippen LogP) is 4.77. The van der Waals surface area contributed by atoms with Crippen molar-refractivity contribution in [3.8, 4) is 28.1 Å². The van der Waals surface area contributed by atoms with Crippen LogP contribution in [-0.4, -0.2) is 21.4 Å². The molecule has 4 heteroatoms. The summed E-state index contributed by atoms with van der Waals surface area (Å²) >= 11 is 0. The number of hydrogen-bond donors (Lipinski definition) is 0. The minimum absolute atomic E-state index is 0.994. The highest BCUT2D eigenvalue weighted by Crippen LogP contribution is 2.42. The van der Waals surface area contributed by atoms with Gasteiger partial charge in [0.1, 0.15) is 5.75 Å². The van der Waals surface area contributed by atoms with Gasteiger partial charge in [-0.05, 0) is 41.2 Å². The van der Waals surface area contributed by atoms with E-state index in [0.29, 0.717) is 0 Å². The van der Waals surface area contributed by atoms with E-state index >= 15 is 0 Å². The van der Waals surface area contributed by atoms with E-state index in [9.17, 15) is 0 Å². The van der Waals surface area contributed by atoms with E-state index in [0.717, 1.165) is 17.0 Å². The fraction of sp³-hybridized carbons (Fsp3) is 0.227. The summed E-state index contributed by atoms with van der Waals surface area (Å²) in [7, 11) is -3.33. The largest absolute Gasteiger partial charge is 0.539 e. The second kappa shape index (κ2) is 5.93. The number of fused-ring (bicyclic) bond motifs is 3. The average molecular weight is 376 g/mol. The molecule has 0 amide bonds. The van der Waals surface area contributed by atoms with Crippen LogP contribution in [0.15, 0.2) is 60.8 Å². The lowest BCUT2D eigenvalue weighted by Gasteiger charge is -2.34. The van der Waals surface area contributed by atoms with Crippen molar-refractivity contribution in [1.29, 1.82) is 0 Å². The molecule has 2 heterocycles. The Morgan fingerprint density at radius 3 is 2.19 bits per heavy atom. The lowest BCUT2D eigenvalue weighted by atomic mass is 9.99. The summed E-state index contributed by atoms with van der Waals surface area (Å²) in [6.45, 7) is 11.6. The van der Waals surface area contributed by atoms with Gasteiger partial charge in [0.05, 0.1) is 13.8 Å². The van der Waals surface area contributed by atoms with Crippen molar-refractivity contribution in [2.24, 2.45) is 0 Å². The first-order chi connectivity index (χ1) is 12.3. The highest BCUT2D eigenvalue weighted by molar-refractivity contribution is 6.88. The number of benzene rings is 2. The van der Waals surface area contributed by atoms with Gasteiger partial charge in [0, 0.05) is 17.3 Å². The third-order valence-corrected chi connectivity index (χ3v) is 9.62. The Morgan fingerprint density at radius 2 is 1.50 bits per heavy atom. The smallest absolute Gasteiger partial charge is 0.277 e. The van der Waals surface area contributed by atoms with Crippen LogP contribution in [0.25, 0.3) is 22.4 Å². The van der Waals surface area contributed by atoms with E-state index in [1.807, 2.05) is 0 Å². The highest BCUT2D eigenvalue weighted by atomic mass is 28.4. The normalized spacial score (nSPS) is 15.0. The van der Waals surface area contributed by atoms with Crippen molar-refractivity contribution >= 4 is 26.8 Å². The molecule has 0 fully saturated rings. The zero-order valence-electron chi connectivity index (χ0n) is 16.1. The fourth-order valence-electron chi connectivity index (χ4n) is 3.61. The van der Waals surface area contributed by atoms with Gasteiger partial charge in [-0.15, -0.1) is 0 Å². The Balaban J connectivity index is 1.88. The van der Waals surface area contributed by atoms with Gasteiger partial charge in [0.25, 0.3) is 8.32 Å². The molecule has 0 aliphatic carbocycles. The van der Waals surface area contributed by atoms with Gasteiger partial charge in [-0.2, -0.15) is 0 Å². The molecule has 2 nitrogen and oxygen atoms in total. The van der Waals surface area contributed by atoms with Crippen LogP contribution in [0, 0.1) is 0 Å². The summed E-state index contributed by atoms with van der Waals surface area (Å²) in [4.78, 5) is 4.80. The van der Waals surface area contributed by atoms with Crippen LogP contribution in [-0.2, 0) is 0 Å². The molecule has 2 aromatic carbocycles. The van der Waals surface area contributed by atoms with E-state index in [1.165, 1.54) is 21.5 Å². The van der Waals surface area contributed by atoms with Gasteiger partial charge in [-0.25, -0.2) is 0 Å². The maximum absolute atomic E-state index is 6.64. The number of para-hydroxylation sites is 1. The molecule has 0 radical (unpaired) electrons. The number of aromatic nitrogens is 1. The third kappa shape index (κ3) is 2.83. The molecule has 0 atom stereocenters. The zero-order valence-corrected chi connectivity index (χ0v) is 18.1. The molecule has 1 aliphatic heterocycles. The topological polar surface area (TPSA) is 22.1 Å². The van der Waals surface area contributed by atoms with Crippen molar-refractivity contribution in [2.45, 2.75) is 32.7 Å². The van der Waals surface area contributed by atoms with Crippen LogP contribution < -0.4 is 14.8 Å². The quantitative estimate of drug-likeness (QED) is 0.602. The molecule has 0 N–H and O–H groups in total. The third-order valence-electron chi connectivity index (χ3n) is 5.14. The maximum atomic E-state index is 6.64. The van der Waals surface area contributed by atoms with Crippen LogP contribution in [0.4, 0.5) is 0 Å². The number of pyridine rings is 1.